The van der Waals surface area contributed by atoms with Crippen LogP contribution < -0.4 is 5.32 Å². The van der Waals surface area contributed by atoms with Crippen molar-refractivity contribution in [3.63, 3.8) is 0 Å². The minimum absolute atomic E-state index is 0.00358. The van der Waals surface area contributed by atoms with Gasteiger partial charge in [0.05, 0.1) is 27.7 Å². The molecular formula is C22H26N4O3S2. The fraction of sp³-hybridized carbons (Fsp3) is 0.364. The highest BCUT2D eigenvalue weighted by Crippen LogP contribution is 2.28. The highest BCUT2D eigenvalue weighted by atomic mass is 32.2. The first-order valence-electron chi connectivity index (χ1n) is 10.3. The second-order valence-electron chi connectivity index (χ2n) is 7.79. The molecule has 0 saturated carbocycles. The van der Waals surface area contributed by atoms with Gasteiger partial charge in [-0.05, 0) is 63.2 Å². The zero-order valence-electron chi connectivity index (χ0n) is 17.6. The van der Waals surface area contributed by atoms with Gasteiger partial charge >= 0.3 is 0 Å². The number of hydrogen-bond donors (Lipinski definition) is 1. The average Bonchev–Trinajstić information content (AvgIpc) is 3.43. The van der Waals surface area contributed by atoms with Crippen LogP contribution in [-0.2, 0) is 14.8 Å². The first kappa shape index (κ1) is 21.9. The molecule has 1 aliphatic heterocycles. The van der Waals surface area contributed by atoms with Gasteiger partial charge in [0.15, 0.2) is 0 Å². The number of nitrogens with zero attached hydrogens (tertiary/aromatic N) is 3. The molecule has 31 heavy (non-hydrogen) atoms. The zero-order chi connectivity index (χ0) is 22.0. The van der Waals surface area contributed by atoms with E-state index < -0.39 is 10.0 Å². The quantitative estimate of drug-likeness (QED) is 0.584. The molecule has 1 amide bonds. The number of fused-ring (bicyclic) bond motifs is 1. The molecule has 0 unspecified atom stereocenters. The summed E-state index contributed by atoms with van der Waals surface area (Å²) in [6.07, 6.45) is 1.80. The molecule has 1 fully saturated rings. The van der Waals surface area contributed by atoms with Crippen LogP contribution in [-0.4, -0.2) is 55.2 Å². The number of likely N-dealkylation sites (N-methyl/N-ethyl adjacent to an activating group) is 1. The summed E-state index contributed by atoms with van der Waals surface area (Å²) in [4.78, 5) is 19.4. The molecule has 9 heteroatoms. The fourth-order valence-electron chi connectivity index (χ4n) is 3.61. The maximum atomic E-state index is 12.6. The molecule has 1 aliphatic rings. The van der Waals surface area contributed by atoms with E-state index in [0.717, 1.165) is 28.1 Å². The lowest BCUT2D eigenvalue weighted by molar-refractivity contribution is -0.117. The number of para-hydroxylation sites is 1. The van der Waals surface area contributed by atoms with Gasteiger partial charge in [-0.1, -0.05) is 12.1 Å². The average molecular weight is 459 g/mol. The van der Waals surface area contributed by atoms with Gasteiger partial charge in [-0.3, -0.25) is 9.69 Å². The molecule has 2 aromatic carbocycles. The van der Waals surface area contributed by atoms with Gasteiger partial charge in [0.1, 0.15) is 5.01 Å². The Hall–Kier alpha value is -2.33. The summed E-state index contributed by atoms with van der Waals surface area (Å²) in [5.74, 6) is -0.161. The van der Waals surface area contributed by atoms with Crippen LogP contribution in [0.15, 0.2) is 53.4 Å². The number of amides is 1. The van der Waals surface area contributed by atoms with E-state index in [2.05, 4.69) is 10.3 Å². The Bertz CT molecular complexity index is 1140. The van der Waals surface area contributed by atoms with Crippen molar-refractivity contribution < 1.29 is 13.2 Å². The van der Waals surface area contributed by atoms with Gasteiger partial charge in [0, 0.05) is 18.8 Å². The molecule has 3 aromatic rings. The summed E-state index contributed by atoms with van der Waals surface area (Å²) in [5, 5.41) is 3.81. The van der Waals surface area contributed by atoms with Crippen molar-refractivity contribution in [1.29, 1.82) is 0 Å². The predicted molar refractivity (Wildman–Crippen MR) is 124 cm³/mol. The lowest BCUT2D eigenvalue weighted by atomic mass is 10.3. The fourth-order valence-corrected chi connectivity index (χ4v) is 6.21. The molecule has 4 rings (SSSR count). The van der Waals surface area contributed by atoms with E-state index in [1.807, 2.05) is 43.1 Å². The van der Waals surface area contributed by atoms with Gasteiger partial charge in [0.2, 0.25) is 15.9 Å². The number of carbonyl (C=O) groups excluding carboxylic acids is 1. The van der Waals surface area contributed by atoms with E-state index in [4.69, 9.17) is 0 Å². The van der Waals surface area contributed by atoms with Gasteiger partial charge in [-0.25, -0.2) is 13.4 Å². The van der Waals surface area contributed by atoms with Crippen molar-refractivity contribution >= 4 is 43.2 Å². The number of hydrogen-bond acceptors (Lipinski definition) is 6. The molecule has 1 saturated heterocycles. The maximum Gasteiger partial charge on any atom is 0.243 e. The lowest BCUT2D eigenvalue weighted by Gasteiger charge is -2.22. The van der Waals surface area contributed by atoms with E-state index in [-0.39, 0.29) is 23.4 Å². The number of benzene rings is 2. The van der Waals surface area contributed by atoms with Crippen molar-refractivity contribution in [2.75, 3.05) is 32.0 Å². The number of nitrogens with one attached hydrogen (secondary N) is 1. The monoisotopic (exact) mass is 458 g/mol. The van der Waals surface area contributed by atoms with Crippen LogP contribution in [0.4, 0.5) is 5.69 Å². The number of anilines is 1. The molecule has 2 heterocycles. The minimum atomic E-state index is -3.45. The first-order valence-corrected chi connectivity index (χ1v) is 12.6. The van der Waals surface area contributed by atoms with Crippen LogP contribution in [0.5, 0.6) is 0 Å². The Labute approximate surface area is 186 Å². The molecule has 1 aromatic heterocycles. The standard InChI is InChI=1S/C22H26N4O3S2/c1-16(22-24-19-7-3-4-8-20(19)30-22)25(2)15-21(27)23-17-9-11-18(12-10-17)31(28,29)26-13-5-6-14-26/h3-4,7-12,16H,5-6,13-15H2,1-2H3,(H,23,27)/t16-/m1/s1. The van der Waals surface area contributed by atoms with E-state index in [1.54, 1.807) is 35.6 Å². The Morgan fingerprint density at radius 1 is 1.16 bits per heavy atom. The summed E-state index contributed by atoms with van der Waals surface area (Å²) in [7, 11) is -1.56. The van der Waals surface area contributed by atoms with Crippen LogP contribution in [0.1, 0.15) is 30.8 Å². The van der Waals surface area contributed by atoms with Gasteiger partial charge in [-0.2, -0.15) is 4.31 Å². The number of aromatic nitrogens is 1. The number of rotatable bonds is 7. The van der Waals surface area contributed by atoms with Gasteiger partial charge in [0.25, 0.3) is 0 Å². The van der Waals surface area contributed by atoms with E-state index in [1.165, 1.54) is 4.31 Å². The molecule has 0 aliphatic carbocycles. The SMILES string of the molecule is C[C@H](c1nc2ccccc2s1)N(C)CC(=O)Nc1ccc(S(=O)(=O)N2CCCC2)cc1. The smallest absolute Gasteiger partial charge is 0.243 e. The van der Waals surface area contributed by atoms with Crippen LogP contribution in [0, 0.1) is 0 Å². The van der Waals surface area contributed by atoms with Crippen molar-refractivity contribution in [3.05, 3.63) is 53.5 Å². The summed E-state index contributed by atoms with van der Waals surface area (Å²) in [6, 6.07) is 14.4. The summed E-state index contributed by atoms with van der Waals surface area (Å²) in [5.41, 5.74) is 1.54. The van der Waals surface area contributed by atoms with Crippen molar-refractivity contribution in [1.82, 2.24) is 14.2 Å². The van der Waals surface area contributed by atoms with E-state index in [0.29, 0.717) is 18.8 Å². The third-order valence-electron chi connectivity index (χ3n) is 5.56. The Balaban J connectivity index is 1.36. The predicted octanol–water partition coefficient (Wildman–Crippen LogP) is 3.71. The summed E-state index contributed by atoms with van der Waals surface area (Å²) in [6.45, 7) is 3.37. The molecule has 7 nitrogen and oxygen atoms in total. The van der Waals surface area contributed by atoms with Crippen molar-refractivity contribution in [2.24, 2.45) is 0 Å². The largest absolute Gasteiger partial charge is 0.325 e. The first-order chi connectivity index (χ1) is 14.8. The van der Waals surface area contributed by atoms with E-state index >= 15 is 0 Å². The Morgan fingerprint density at radius 3 is 2.52 bits per heavy atom. The molecule has 0 radical (unpaired) electrons. The maximum absolute atomic E-state index is 12.6. The normalized spacial score (nSPS) is 16.1. The highest BCUT2D eigenvalue weighted by Gasteiger charge is 2.27. The van der Waals surface area contributed by atoms with Crippen LogP contribution >= 0.6 is 11.3 Å². The highest BCUT2D eigenvalue weighted by molar-refractivity contribution is 7.89. The molecule has 0 bridgehead atoms. The third kappa shape index (κ3) is 4.79. The third-order valence-corrected chi connectivity index (χ3v) is 8.68. The van der Waals surface area contributed by atoms with Gasteiger partial charge < -0.3 is 5.32 Å². The number of thiazole rings is 1. The van der Waals surface area contributed by atoms with Crippen molar-refractivity contribution in [2.45, 2.75) is 30.7 Å². The zero-order valence-corrected chi connectivity index (χ0v) is 19.2. The molecular weight excluding hydrogens is 432 g/mol. The van der Waals surface area contributed by atoms with Crippen LogP contribution in [0.2, 0.25) is 0 Å². The molecule has 1 N–H and O–H groups in total. The topological polar surface area (TPSA) is 82.6 Å². The minimum Gasteiger partial charge on any atom is -0.325 e. The van der Waals surface area contributed by atoms with E-state index in [9.17, 15) is 13.2 Å². The second-order valence-corrected chi connectivity index (χ2v) is 10.8. The second kappa shape index (κ2) is 9.04. The Morgan fingerprint density at radius 2 is 1.84 bits per heavy atom. The molecule has 164 valence electrons. The Kier molecular flexibility index (Phi) is 6.38. The van der Waals surface area contributed by atoms with Gasteiger partial charge in [-0.15, -0.1) is 11.3 Å². The van der Waals surface area contributed by atoms with Crippen molar-refractivity contribution in [3.8, 4) is 0 Å². The van der Waals surface area contributed by atoms with Crippen LogP contribution in [0.25, 0.3) is 10.2 Å². The molecule has 1 atom stereocenters. The number of carbonyl (C=O) groups is 1. The molecule has 0 spiro atoms. The van der Waals surface area contributed by atoms with Crippen LogP contribution in [0.3, 0.4) is 0 Å². The summed E-state index contributed by atoms with van der Waals surface area (Å²) < 4.78 is 27.9. The number of sulfonamides is 1. The lowest BCUT2D eigenvalue weighted by Crippen LogP contribution is -2.32. The summed E-state index contributed by atoms with van der Waals surface area (Å²) >= 11 is 1.63.